The Balaban J connectivity index is 1.45. The molecule has 7 heteroatoms. The van der Waals surface area contributed by atoms with Gasteiger partial charge in [0.15, 0.2) is 6.61 Å². The number of ether oxygens (including phenoxy) is 2. The van der Waals surface area contributed by atoms with Gasteiger partial charge in [-0.05, 0) is 30.5 Å². The molecule has 28 heavy (non-hydrogen) atoms. The quantitative estimate of drug-likeness (QED) is 0.702. The summed E-state index contributed by atoms with van der Waals surface area (Å²) in [6.45, 7) is 3.67. The minimum atomic E-state index is -0.418. The van der Waals surface area contributed by atoms with E-state index in [9.17, 15) is 9.59 Å². The molecule has 2 aliphatic rings. The van der Waals surface area contributed by atoms with Crippen molar-refractivity contribution in [1.29, 1.82) is 0 Å². The van der Waals surface area contributed by atoms with Crippen molar-refractivity contribution in [2.24, 2.45) is 0 Å². The van der Waals surface area contributed by atoms with Gasteiger partial charge in [0.2, 0.25) is 0 Å². The lowest BCUT2D eigenvalue weighted by Gasteiger charge is -2.48. The van der Waals surface area contributed by atoms with Crippen molar-refractivity contribution in [3.05, 3.63) is 34.9 Å². The molecule has 0 unspecified atom stereocenters. The van der Waals surface area contributed by atoms with Crippen molar-refractivity contribution in [2.75, 3.05) is 39.5 Å². The van der Waals surface area contributed by atoms with Crippen LogP contribution in [0.2, 0.25) is 5.02 Å². The maximum Gasteiger partial charge on any atom is 0.310 e. The Morgan fingerprint density at radius 1 is 1.11 bits per heavy atom. The molecule has 0 bridgehead atoms. The predicted octanol–water partition coefficient (Wildman–Crippen LogP) is 2.58. The molecule has 1 aromatic rings. The Morgan fingerprint density at radius 3 is 2.46 bits per heavy atom. The lowest BCUT2D eigenvalue weighted by atomic mass is 9.79. The van der Waals surface area contributed by atoms with E-state index in [1.54, 1.807) is 24.3 Å². The van der Waals surface area contributed by atoms with Gasteiger partial charge in [-0.1, -0.05) is 43.0 Å². The van der Waals surface area contributed by atoms with Crippen LogP contribution >= 0.6 is 11.6 Å². The summed E-state index contributed by atoms with van der Waals surface area (Å²) in [5.74, 6) is -0.666. The molecule has 1 aliphatic carbocycles. The third kappa shape index (κ3) is 5.93. The number of morpholine rings is 1. The minimum Gasteiger partial charge on any atom is -0.455 e. The van der Waals surface area contributed by atoms with Crippen LogP contribution < -0.4 is 5.32 Å². The smallest absolute Gasteiger partial charge is 0.310 e. The molecule has 2 fully saturated rings. The first kappa shape index (κ1) is 21.1. The van der Waals surface area contributed by atoms with E-state index in [1.807, 2.05) is 0 Å². The van der Waals surface area contributed by atoms with Gasteiger partial charge in [-0.3, -0.25) is 14.5 Å². The van der Waals surface area contributed by atoms with E-state index >= 15 is 0 Å². The fraction of sp³-hybridized carbons (Fsp3) is 0.619. The fourth-order valence-corrected chi connectivity index (χ4v) is 4.26. The first-order chi connectivity index (χ1) is 13.6. The molecule has 1 saturated heterocycles. The lowest BCUT2D eigenvalue weighted by Crippen LogP contribution is -2.59. The van der Waals surface area contributed by atoms with E-state index in [1.165, 1.54) is 19.3 Å². The van der Waals surface area contributed by atoms with Gasteiger partial charge in [0.25, 0.3) is 5.91 Å². The summed E-state index contributed by atoms with van der Waals surface area (Å²) in [5.41, 5.74) is 0.814. The number of esters is 1. The Morgan fingerprint density at radius 2 is 1.79 bits per heavy atom. The van der Waals surface area contributed by atoms with E-state index in [4.69, 9.17) is 21.1 Å². The first-order valence-corrected chi connectivity index (χ1v) is 10.4. The van der Waals surface area contributed by atoms with Gasteiger partial charge >= 0.3 is 5.97 Å². The molecule has 1 N–H and O–H groups in total. The van der Waals surface area contributed by atoms with Gasteiger partial charge in [-0.2, -0.15) is 0 Å². The van der Waals surface area contributed by atoms with Crippen LogP contribution in [0.15, 0.2) is 24.3 Å². The summed E-state index contributed by atoms with van der Waals surface area (Å²) in [6, 6.07) is 7.01. The monoisotopic (exact) mass is 408 g/mol. The number of hydrogen-bond acceptors (Lipinski definition) is 5. The van der Waals surface area contributed by atoms with E-state index in [2.05, 4.69) is 10.2 Å². The van der Waals surface area contributed by atoms with Crippen LogP contribution in [0.4, 0.5) is 0 Å². The van der Waals surface area contributed by atoms with Gasteiger partial charge in [-0.15, -0.1) is 0 Å². The number of carbonyl (C=O) groups excluding carboxylic acids is 2. The molecule has 0 atom stereocenters. The summed E-state index contributed by atoms with van der Waals surface area (Å²) in [6.07, 6.45) is 5.92. The average molecular weight is 409 g/mol. The number of nitrogens with zero attached hydrogens (tertiary/aromatic N) is 1. The van der Waals surface area contributed by atoms with Crippen molar-refractivity contribution in [1.82, 2.24) is 10.2 Å². The third-order valence-corrected chi connectivity index (χ3v) is 5.96. The van der Waals surface area contributed by atoms with Gasteiger partial charge < -0.3 is 14.8 Å². The number of halogens is 1. The van der Waals surface area contributed by atoms with Gasteiger partial charge in [0, 0.05) is 30.2 Å². The maximum atomic E-state index is 12.3. The molecule has 0 radical (unpaired) electrons. The number of benzene rings is 1. The molecule has 1 aliphatic heterocycles. The van der Waals surface area contributed by atoms with Crippen LogP contribution in [0.1, 0.15) is 37.7 Å². The lowest BCUT2D eigenvalue weighted by molar-refractivity contribution is -0.148. The van der Waals surface area contributed by atoms with E-state index in [-0.39, 0.29) is 24.5 Å². The number of nitrogens with one attached hydrogen (secondary N) is 1. The SMILES string of the molecule is O=C(COC(=O)Cc1ccc(Cl)cc1)NCC1(N2CCOCC2)CCCCC1. The highest BCUT2D eigenvalue weighted by Gasteiger charge is 2.38. The van der Waals surface area contributed by atoms with Crippen molar-refractivity contribution in [3.8, 4) is 0 Å². The molecule has 154 valence electrons. The molecule has 6 nitrogen and oxygen atoms in total. The molecule has 0 aromatic heterocycles. The summed E-state index contributed by atoms with van der Waals surface area (Å²) >= 11 is 5.84. The second-order valence-electron chi connectivity index (χ2n) is 7.63. The van der Waals surface area contributed by atoms with Crippen molar-refractivity contribution < 1.29 is 19.1 Å². The zero-order chi connectivity index (χ0) is 19.8. The van der Waals surface area contributed by atoms with Crippen LogP contribution in [0, 0.1) is 0 Å². The standard InChI is InChI=1S/C21H29ClN2O4/c22-18-6-4-17(5-7-18)14-20(26)28-15-19(25)23-16-21(8-2-1-3-9-21)24-10-12-27-13-11-24/h4-7H,1-3,8-16H2,(H,23,25). The van der Waals surface area contributed by atoms with E-state index < -0.39 is 5.97 Å². The first-order valence-electron chi connectivity index (χ1n) is 10.1. The van der Waals surface area contributed by atoms with Crippen LogP contribution in [0.25, 0.3) is 0 Å². The summed E-state index contributed by atoms with van der Waals surface area (Å²) < 4.78 is 10.6. The Labute approximate surface area is 171 Å². The normalized spacial score (nSPS) is 19.8. The van der Waals surface area contributed by atoms with Crippen molar-refractivity contribution in [2.45, 2.75) is 44.1 Å². The molecule has 1 aromatic carbocycles. The molecule has 1 amide bonds. The Kier molecular flexibility index (Phi) is 7.71. The highest BCUT2D eigenvalue weighted by molar-refractivity contribution is 6.30. The second-order valence-corrected chi connectivity index (χ2v) is 8.06. The minimum absolute atomic E-state index is 0.00497. The zero-order valence-electron chi connectivity index (χ0n) is 16.3. The average Bonchev–Trinajstić information content (AvgIpc) is 2.74. The van der Waals surface area contributed by atoms with E-state index in [0.29, 0.717) is 11.6 Å². The number of carbonyl (C=O) groups is 2. The third-order valence-electron chi connectivity index (χ3n) is 5.71. The van der Waals surface area contributed by atoms with Crippen LogP contribution in [-0.2, 0) is 25.5 Å². The molecular formula is C21H29ClN2O4. The maximum absolute atomic E-state index is 12.3. The fourth-order valence-electron chi connectivity index (χ4n) is 4.13. The van der Waals surface area contributed by atoms with Gasteiger partial charge in [0.05, 0.1) is 19.6 Å². The summed E-state index contributed by atoms with van der Waals surface area (Å²) in [5, 5.41) is 3.62. The topological polar surface area (TPSA) is 67.9 Å². The molecule has 3 rings (SSSR count). The number of rotatable bonds is 7. The van der Waals surface area contributed by atoms with Crippen LogP contribution in [-0.4, -0.2) is 61.8 Å². The van der Waals surface area contributed by atoms with Crippen LogP contribution in [0.3, 0.4) is 0 Å². The highest BCUT2D eigenvalue weighted by Crippen LogP contribution is 2.33. The van der Waals surface area contributed by atoms with Crippen molar-refractivity contribution >= 4 is 23.5 Å². The summed E-state index contributed by atoms with van der Waals surface area (Å²) in [4.78, 5) is 26.7. The molecule has 1 saturated carbocycles. The Bertz CT molecular complexity index is 653. The largest absolute Gasteiger partial charge is 0.455 e. The molecular weight excluding hydrogens is 380 g/mol. The number of amides is 1. The molecule has 1 heterocycles. The number of hydrogen-bond donors (Lipinski definition) is 1. The van der Waals surface area contributed by atoms with E-state index in [0.717, 1.165) is 44.7 Å². The highest BCUT2D eigenvalue weighted by atomic mass is 35.5. The predicted molar refractivity (Wildman–Crippen MR) is 107 cm³/mol. The Hall–Kier alpha value is -1.63. The van der Waals surface area contributed by atoms with Crippen molar-refractivity contribution in [3.63, 3.8) is 0 Å². The molecule has 0 spiro atoms. The van der Waals surface area contributed by atoms with Crippen LogP contribution in [0.5, 0.6) is 0 Å². The van der Waals surface area contributed by atoms with Gasteiger partial charge in [-0.25, -0.2) is 0 Å². The summed E-state index contributed by atoms with van der Waals surface area (Å²) in [7, 11) is 0. The zero-order valence-corrected chi connectivity index (χ0v) is 17.0. The van der Waals surface area contributed by atoms with Gasteiger partial charge in [0.1, 0.15) is 0 Å². The second kappa shape index (κ2) is 10.2.